The molecule has 2 N–H and O–H groups in total. The minimum absolute atomic E-state index is 0.207. The number of allylic oxidation sites excluding steroid dienone is 3. The molecule has 0 radical (unpaired) electrons. The molecule has 0 unspecified atom stereocenters. The topological polar surface area (TPSA) is 84.1 Å². The van der Waals surface area contributed by atoms with Gasteiger partial charge in [-0.3, -0.25) is 14.8 Å². The first-order chi connectivity index (χ1) is 32.6. The zero-order chi connectivity index (χ0) is 46.1. The maximum Gasteiger partial charge on any atom is 0.138 e. The summed E-state index contributed by atoms with van der Waals surface area (Å²) < 4.78 is 0. The first-order valence-electron chi connectivity index (χ1n) is 22.6. The Labute approximate surface area is 393 Å². The van der Waals surface area contributed by atoms with Crippen LogP contribution in [0.1, 0.15) is 72.3 Å². The standard InChI is InChI=1S/C60H51N7/c1-41(14-6-10-32-61)66(56-15-7-11-33-62-56)46-26-30-50-49-29-23-43(37-53(49)59(2,3)54(50)38-46)20-24-45-25-21-44(40-65-45)19-18-42-22-28-48-51-31-27-47(39-55(51)60(4,5)52(48)36-42)67(57-16-8-12-34-63-57)58-17-9-13-35-64-58/h6-40H,1,61H2,2-5H3/b14-6-,19-18+,24-20+,32-10-. The van der Waals surface area contributed by atoms with E-state index in [1.165, 1.54) is 50.7 Å². The third kappa shape index (κ3) is 8.06. The van der Waals surface area contributed by atoms with E-state index in [1.54, 1.807) is 12.3 Å². The third-order valence-electron chi connectivity index (χ3n) is 13.0. The van der Waals surface area contributed by atoms with Crippen molar-refractivity contribution in [3.05, 3.63) is 246 Å². The highest BCUT2D eigenvalue weighted by molar-refractivity contribution is 5.87. The minimum Gasteiger partial charge on any atom is -0.405 e. The normalized spacial score (nSPS) is 14.1. The number of hydrogen-bond donors (Lipinski definition) is 1. The van der Waals surface area contributed by atoms with E-state index in [0.717, 1.165) is 56.9 Å². The van der Waals surface area contributed by atoms with Gasteiger partial charge in [-0.25, -0.2) is 15.0 Å². The molecule has 0 aliphatic heterocycles. The molecule has 4 heterocycles. The van der Waals surface area contributed by atoms with Crippen molar-refractivity contribution in [1.82, 2.24) is 19.9 Å². The molecule has 7 nitrogen and oxygen atoms in total. The van der Waals surface area contributed by atoms with Crippen LogP contribution in [0.4, 0.5) is 28.8 Å². The summed E-state index contributed by atoms with van der Waals surface area (Å²) in [4.78, 5) is 23.1. The molecule has 0 saturated carbocycles. The molecule has 0 amide bonds. The van der Waals surface area contributed by atoms with Gasteiger partial charge in [-0.2, -0.15) is 0 Å². The fourth-order valence-corrected chi connectivity index (χ4v) is 9.55. The summed E-state index contributed by atoms with van der Waals surface area (Å²) in [6.07, 6.45) is 23.1. The summed E-state index contributed by atoms with van der Waals surface area (Å²) in [5.41, 5.74) is 22.4. The molecule has 326 valence electrons. The van der Waals surface area contributed by atoms with Gasteiger partial charge in [-0.15, -0.1) is 0 Å². The summed E-state index contributed by atoms with van der Waals surface area (Å²) in [5, 5.41) is 0. The van der Waals surface area contributed by atoms with Crippen molar-refractivity contribution in [2.75, 3.05) is 9.80 Å². The highest BCUT2D eigenvalue weighted by atomic mass is 15.2. The third-order valence-corrected chi connectivity index (χ3v) is 13.0. The summed E-state index contributed by atoms with van der Waals surface area (Å²) >= 11 is 0. The Morgan fingerprint density at radius 2 is 0.970 bits per heavy atom. The Morgan fingerprint density at radius 3 is 1.49 bits per heavy atom. The SMILES string of the molecule is C=C(/C=C\C=C/N)N(c1ccc2c(c1)C(C)(C)c1cc(/C=C/c3ccc(/C=C/c4ccc5c(c4)C(C)(C)c4cc(N(c6ccccn6)c6ccccn6)ccc4-5)cn3)ccc1-2)c1ccccn1. The van der Waals surface area contributed by atoms with E-state index in [2.05, 4.69) is 168 Å². The van der Waals surface area contributed by atoms with Gasteiger partial charge in [0.25, 0.3) is 0 Å². The number of rotatable bonds is 12. The van der Waals surface area contributed by atoms with Crippen molar-refractivity contribution in [3.8, 4) is 22.3 Å². The van der Waals surface area contributed by atoms with Crippen LogP contribution in [0.25, 0.3) is 46.6 Å². The molecule has 4 aromatic carbocycles. The molecule has 2 aliphatic carbocycles. The number of anilines is 5. The molecule has 4 aromatic heterocycles. The van der Waals surface area contributed by atoms with Crippen LogP contribution in [0.3, 0.4) is 0 Å². The predicted molar refractivity (Wildman–Crippen MR) is 278 cm³/mol. The summed E-state index contributed by atoms with van der Waals surface area (Å²) in [6.45, 7) is 13.6. The van der Waals surface area contributed by atoms with E-state index in [0.29, 0.717) is 0 Å². The Morgan fingerprint density at radius 1 is 0.493 bits per heavy atom. The van der Waals surface area contributed by atoms with E-state index in [-0.39, 0.29) is 10.8 Å². The number of hydrogen-bond acceptors (Lipinski definition) is 7. The van der Waals surface area contributed by atoms with E-state index < -0.39 is 0 Å². The van der Waals surface area contributed by atoms with Gasteiger partial charge in [0.15, 0.2) is 0 Å². The van der Waals surface area contributed by atoms with Crippen molar-refractivity contribution in [1.29, 1.82) is 0 Å². The van der Waals surface area contributed by atoms with Crippen LogP contribution in [-0.4, -0.2) is 19.9 Å². The van der Waals surface area contributed by atoms with Gasteiger partial charge in [-0.1, -0.05) is 131 Å². The first kappa shape index (κ1) is 42.5. The van der Waals surface area contributed by atoms with Crippen LogP contribution >= 0.6 is 0 Å². The molecule has 67 heavy (non-hydrogen) atoms. The van der Waals surface area contributed by atoms with Gasteiger partial charge in [-0.05, 0) is 152 Å². The molecule has 0 atom stereocenters. The fourth-order valence-electron chi connectivity index (χ4n) is 9.55. The number of benzene rings is 4. The lowest BCUT2D eigenvalue weighted by Crippen LogP contribution is -2.18. The first-order valence-corrected chi connectivity index (χ1v) is 22.6. The van der Waals surface area contributed by atoms with Crippen LogP contribution in [0.2, 0.25) is 0 Å². The van der Waals surface area contributed by atoms with Gasteiger partial charge in [0.2, 0.25) is 0 Å². The molecule has 8 aromatic rings. The second kappa shape index (κ2) is 17.5. The Kier molecular flexibility index (Phi) is 11.1. The summed E-state index contributed by atoms with van der Waals surface area (Å²) in [7, 11) is 0. The van der Waals surface area contributed by atoms with Crippen LogP contribution in [0, 0.1) is 0 Å². The molecule has 0 spiro atoms. The second-order valence-corrected chi connectivity index (χ2v) is 18.0. The molecular formula is C60H51N7. The minimum atomic E-state index is -0.225. The quantitative estimate of drug-likeness (QED) is 0.122. The maximum absolute atomic E-state index is 5.59. The van der Waals surface area contributed by atoms with Crippen molar-refractivity contribution in [3.63, 3.8) is 0 Å². The van der Waals surface area contributed by atoms with Crippen LogP contribution in [-0.2, 0) is 10.8 Å². The Balaban J connectivity index is 0.842. The van der Waals surface area contributed by atoms with Crippen molar-refractivity contribution >= 4 is 53.1 Å². The number of pyridine rings is 4. The monoisotopic (exact) mass is 869 g/mol. The van der Waals surface area contributed by atoms with Gasteiger partial charge in [0, 0.05) is 52.7 Å². The number of fused-ring (bicyclic) bond motifs is 6. The molecule has 0 fully saturated rings. The fraction of sp³-hybridized carbons (Fsp3) is 0.100. The van der Waals surface area contributed by atoms with E-state index in [1.807, 2.05) is 85.3 Å². The maximum atomic E-state index is 5.59. The molecule has 0 bridgehead atoms. The number of aromatic nitrogens is 4. The smallest absolute Gasteiger partial charge is 0.138 e. The van der Waals surface area contributed by atoms with E-state index in [9.17, 15) is 0 Å². The lowest BCUT2D eigenvalue weighted by Gasteiger charge is -2.27. The Hall–Kier alpha value is -8.42. The summed E-state index contributed by atoms with van der Waals surface area (Å²) in [6, 6.07) is 49.0. The molecule has 2 aliphatic rings. The predicted octanol–water partition coefficient (Wildman–Crippen LogP) is 14.4. The largest absolute Gasteiger partial charge is 0.405 e. The summed E-state index contributed by atoms with van der Waals surface area (Å²) in [5.74, 6) is 2.44. The van der Waals surface area contributed by atoms with Crippen molar-refractivity contribution in [2.45, 2.75) is 38.5 Å². The molecule has 0 saturated heterocycles. The number of nitrogens with zero attached hydrogens (tertiary/aromatic N) is 6. The van der Waals surface area contributed by atoms with E-state index >= 15 is 0 Å². The van der Waals surface area contributed by atoms with E-state index in [4.69, 9.17) is 10.7 Å². The van der Waals surface area contributed by atoms with Gasteiger partial charge >= 0.3 is 0 Å². The zero-order valence-electron chi connectivity index (χ0n) is 38.2. The van der Waals surface area contributed by atoms with Crippen molar-refractivity contribution < 1.29 is 0 Å². The zero-order valence-corrected chi connectivity index (χ0v) is 38.2. The van der Waals surface area contributed by atoms with Crippen LogP contribution < -0.4 is 15.5 Å². The highest BCUT2D eigenvalue weighted by Crippen LogP contribution is 2.52. The molecular weight excluding hydrogens is 819 g/mol. The van der Waals surface area contributed by atoms with Gasteiger partial charge in [0.1, 0.15) is 17.5 Å². The second-order valence-electron chi connectivity index (χ2n) is 18.0. The molecule has 7 heteroatoms. The Bertz CT molecular complexity index is 3220. The average Bonchev–Trinajstić information content (AvgIpc) is 3.72. The van der Waals surface area contributed by atoms with Crippen molar-refractivity contribution in [2.24, 2.45) is 5.73 Å². The van der Waals surface area contributed by atoms with Crippen LogP contribution in [0.5, 0.6) is 0 Å². The average molecular weight is 870 g/mol. The molecule has 10 rings (SSSR count). The highest BCUT2D eigenvalue weighted by Gasteiger charge is 2.37. The van der Waals surface area contributed by atoms with Gasteiger partial charge < -0.3 is 5.73 Å². The van der Waals surface area contributed by atoms with Gasteiger partial charge in [0.05, 0.1) is 5.69 Å². The number of nitrogens with two attached hydrogens (primary N) is 1. The lowest BCUT2D eigenvalue weighted by atomic mass is 9.81. The lowest BCUT2D eigenvalue weighted by molar-refractivity contribution is 0.660. The van der Waals surface area contributed by atoms with Crippen LogP contribution in [0.15, 0.2) is 201 Å².